The molecule has 2 amide bonds. The van der Waals surface area contributed by atoms with Crippen LogP contribution in [0.2, 0.25) is 0 Å². The maximum absolute atomic E-state index is 12.4. The van der Waals surface area contributed by atoms with Gasteiger partial charge in [0.25, 0.3) is 0 Å². The lowest BCUT2D eigenvalue weighted by Crippen LogP contribution is -2.51. The standard InChI is InChI=1S/C16H28N2O4/c1-12-7-13(14(19)20)9-18(8-12)15(21)17-10-16(11-22-2)5-3-4-6-16/h12-13H,3-11H2,1-2H3,(H,17,21)(H,19,20). The Morgan fingerprint density at radius 2 is 2.00 bits per heavy atom. The summed E-state index contributed by atoms with van der Waals surface area (Å²) in [6, 6.07) is -0.139. The van der Waals surface area contributed by atoms with Crippen LogP contribution in [0.5, 0.6) is 0 Å². The van der Waals surface area contributed by atoms with Gasteiger partial charge in [0.15, 0.2) is 0 Å². The molecule has 2 N–H and O–H groups in total. The molecule has 0 radical (unpaired) electrons. The molecule has 0 bridgehead atoms. The van der Waals surface area contributed by atoms with Crippen molar-refractivity contribution in [2.45, 2.75) is 39.0 Å². The van der Waals surface area contributed by atoms with Crippen LogP contribution < -0.4 is 5.32 Å². The molecule has 1 saturated carbocycles. The zero-order valence-electron chi connectivity index (χ0n) is 13.6. The number of nitrogens with one attached hydrogen (secondary N) is 1. The molecular weight excluding hydrogens is 284 g/mol. The number of piperidine rings is 1. The van der Waals surface area contributed by atoms with E-state index in [-0.39, 0.29) is 17.4 Å². The van der Waals surface area contributed by atoms with Crippen LogP contribution in [0.4, 0.5) is 4.79 Å². The highest BCUT2D eigenvalue weighted by molar-refractivity contribution is 5.76. The van der Waals surface area contributed by atoms with Gasteiger partial charge in [-0.2, -0.15) is 0 Å². The molecule has 2 fully saturated rings. The lowest BCUT2D eigenvalue weighted by molar-refractivity contribution is -0.143. The molecule has 6 heteroatoms. The van der Waals surface area contributed by atoms with E-state index in [1.165, 1.54) is 12.8 Å². The van der Waals surface area contributed by atoms with E-state index in [4.69, 9.17) is 4.74 Å². The van der Waals surface area contributed by atoms with Crippen LogP contribution >= 0.6 is 0 Å². The van der Waals surface area contributed by atoms with E-state index >= 15 is 0 Å². The van der Waals surface area contributed by atoms with E-state index in [1.807, 2.05) is 6.92 Å². The number of aliphatic carboxylic acids is 1. The Morgan fingerprint density at radius 1 is 1.32 bits per heavy atom. The average molecular weight is 312 g/mol. The lowest BCUT2D eigenvalue weighted by Gasteiger charge is -2.36. The fourth-order valence-corrected chi connectivity index (χ4v) is 3.87. The first kappa shape index (κ1) is 17.1. The van der Waals surface area contributed by atoms with E-state index < -0.39 is 11.9 Å². The van der Waals surface area contributed by atoms with Crippen molar-refractivity contribution >= 4 is 12.0 Å². The molecule has 1 aliphatic carbocycles. The maximum Gasteiger partial charge on any atom is 0.317 e. The monoisotopic (exact) mass is 312 g/mol. The summed E-state index contributed by atoms with van der Waals surface area (Å²) in [5.74, 6) is -1.04. The van der Waals surface area contributed by atoms with Gasteiger partial charge in [0, 0.05) is 32.2 Å². The number of nitrogens with zero attached hydrogens (tertiary/aromatic N) is 1. The largest absolute Gasteiger partial charge is 0.481 e. The number of carboxylic acids is 1. The van der Waals surface area contributed by atoms with E-state index in [2.05, 4.69) is 5.32 Å². The summed E-state index contributed by atoms with van der Waals surface area (Å²) in [4.78, 5) is 25.2. The topological polar surface area (TPSA) is 78.9 Å². The van der Waals surface area contributed by atoms with Crippen LogP contribution in [0.1, 0.15) is 39.0 Å². The number of methoxy groups -OCH3 is 1. The van der Waals surface area contributed by atoms with Crippen molar-refractivity contribution in [2.24, 2.45) is 17.3 Å². The molecule has 1 aliphatic heterocycles. The molecule has 0 aromatic heterocycles. The fraction of sp³-hybridized carbons (Fsp3) is 0.875. The number of carbonyl (C=O) groups excluding carboxylic acids is 1. The smallest absolute Gasteiger partial charge is 0.317 e. The predicted octanol–water partition coefficient (Wildman–Crippen LogP) is 1.95. The van der Waals surface area contributed by atoms with Crippen molar-refractivity contribution in [3.8, 4) is 0 Å². The van der Waals surface area contributed by atoms with Crippen LogP contribution in [0.15, 0.2) is 0 Å². The minimum absolute atomic E-state index is 0.0536. The molecular formula is C16H28N2O4. The number of hydrogen-bond donors (Lipinski definition) is 2. The Balaban J connectivity index is 1.89. The van der Waals surface area contributed by atoms with E-state index in [0.717, 1.165) is 12.8 Å². The number of carboxylic acid groups (broad SMARTS) is 1. The zero-order valence-corrected chi connectivity index (χ0v) is 13.6. The van der Waals surface area contributed by atoms with Crippen LogP contribution in [-0.4, -0.2) is 55.4 Å². The second kappa shape index (κ2) is 7.31. The Kier molecular flexibility index (Phi) is 5.67. The van der Waals surface area contributed by atoms with Crippen molar-refractivity contribution in [3.05, 3.63) is 0 Å². The quantitative estimate of drug-likeness (QED) is 0.813. The van der Waals surface area contributed by atoms with Crippen LogP contribution in [0.25, 0.3) is 0 Å². The van der Waals surface area contributed by atoms with Gasteiger partial charge in [0.05, 0.1) is 12.5 Å². The molecule has 2 atom stereocenters. The third-order valence-corrected chi connectivity index (χ3v) is 5.03. The highest BCUT2D eigenvalue weighted by Crippen LogP contribution is 2.37. The summed E-state index contributed by atoms with van der Waals surface area (Å²) in [6.07, 6.45) is 5.17. The molecule has 0 aromatic carbocycles. The van der Waals surface area contributed by atoms with Gasteiger partial charge in [-0.3, -0.25) is 4.79 Å². The number of hydrogen-bond acceptors (Lipinski definition) is 3. The fourth-order valence-electron chi connectivity index (χ4n) is 3.87. The molecule has 2 aliphatic rings. The van der Waals surface area contributed by atoms with Crippen molar-refractivity contribution in [1.82, 2.24) is 10.2 Å². The molecule has 126 valence electrons. The Hall–Kier alpha value is -1.30. The van der Waals surface area contributed by atoms with E-state index in [9.17, 15) is 14.7 Å². The highest BCUT2D eigenvalue weighted by Gasteiger charge is 2.36. The molecule has 0 spiro atoms. The van der Waals surface area contributed by atoms with Crippen molar-refractivity contribution < 1.29 is 19.4 Å². The molecule has 2 unspecified atom stereocenters. The summed E-state index contributed by atoms with van der Waals surface area (Å²) < 4.78 is 5.33. The maximum atomic E-state index is 12.4. The number of ether oxygens (including phenoxy) is 1. The Labute approximate surface area is 132 Å². The minimum Gasteiger partial charge on any atom is -0.481 e. The van der Waals surface area contributed by atoms with Gasteiger partial charge < -0.3 is 20.1 Å². The first-order valence-electron chi connectivity index (χ1n) is 8.20. The molecule has 1 heterocycles. The third-order valence-electron chi connectivity index (χ3n) is 5.03. The van der Waals surface area contributed by atoms with E-state index in [0.29, 0.717) is 32.7 Å². The van der Waals surface area contributed by atoms with Crippen LogP contribution in [0, 0.1) is 17.3 Å². The SMILES string of the molecule is COCC1(CNC(=O)N2CC(C)CC(C(=O)O)C2)CCCC1. The van der Waals surface area contributed by atoms with Crippen molar-refractivity contribution in [3.63, 3.8) is 0 Å². The molecule has 6 nitrogen and oxygen atoms in total. The first-order chi connectivity index (χ1) is 10.5. The van der Waals surface area contributed by atoms with Crippen LogP contribution in [-0.2, 0) is 9.53 Å². The number of likely N-dealkylation sites (tertiary alicyclic amines) is 1. The van der Waals surface area contributed by atoms with Gasteiger partial charge in [-0.15, -0.1) is 0 Å². The lowest BCUT2D eigenvalue weighted by atomic mass is 9.87. The van der Waals surface area contributed by atoms with Gasteiger partial charge >= 0.3 is 12.0 Å². The van der Waals surface area contributed by atoms with Crippen molar-refractivity contribution in [1.29, 1.82) is 0 Å². The van der Waals surface area contributed by atoms with E-state index in [1.54, 1.807) is 12.0 Å². The van der Waals surface area contributed by atoms with Crippen LogP contribution in [0.3, 0.4) is 0 Å². The van der Waals surface area contributed by atoms with Gasteiger partial charge in [-0.25, -0.2) is 4.79 Å². The summed E-state index contributed by atoms with van der Waals surface area (Å²) >= 11 is 0. The molecule has 0 aromatic rings. The molecule has 2 rings (SSSR count). The van der Waals surface area contributed by atoms with Gasteiger partial charge in [-0.1, -0.05) is 19.8 Å². The first-order valence-corrected chi connectivity index (χ1v) is 8.20. The number of amides is 2. The number of carbonyl (C=O) groups is 2. The Morgan fingerprint density at radius 3 is 2.59 bits per heavy atom. The van der Waals surface area contributed by atoms with Gasteiger partial charge in [-0.05, 0) is 25.2 Å². The van der Waals surface area contributed by atoms with Gasteiger partial charge in [0.1, 0.15) is 0 Å². The molecule has 22 heavy (non-hydrogen) atoms. The average Bonchev–Trinajstić information content (AvgIpc) is 2.93. The second-order valence-electron chi connectivity index (χ2n) is 7.08. The summed E-state index contributed by atoms with van der Waals surface area (Å²) in [7, 11) is 1.70. The van der Waals surface area contributed by atoms with Crippen molar-refractivity contribution in [2.75, 3.05) is 33.4 Å². The third kappa shape index (κ3) is 4.12. The Bertz CT molecular complexity index is 407. The predicted molar refractivity (Wildman–Crippen MR) is 82.7 cm³/mol. The highest BCUT2D eigenvalue weighted by atomic mass is 16.5. The van der Waals surface area contributed by atoms with Gasteiger partial charge in [0.2, 0.25) is 0 Å². The molecule has 1 saturated heterocycles. The summed E-state index contributed by atoms with van der Waals surface area (Å²) in [5, 5.41) is 12.2. The number of rotatable bonds is 5. The summed E-state index contributed by atoms with van der Waals surface area (Å²) in [6.45, 7) is 4.22. The zero-order chi connectivity index (χ0) is 16.2. The normalized spacial score (nSPS) is 27.6. The summed E-state index contributed by atoms with van der Waals surface area (Å²) in [5.41, 5.74) is 0.0536. The second-order valence-corrected chi connectivity index (χ2v) is 7.08. The number of urea groups is 1. The minimum atomic E-state index is -0.809.